The van der Waals surface area contributed by atoms with Crippen molar-refractivity contribution in [1.29, 1.82) is 0 Å². The van der Waals surface area contributed by atoms with E-state index < -0.39 is 0 Å². The molecule has 0 N–H and O–H groups in total. The van der Waals surface area contributed by atoms with Crippen molar-refractivity contribution in [2.45, 2.75) is 26.8 Å². The summed E-state index contributed by atoms with van der Waals surface area (Å²) < 4.78 is 2.73. The summed E-state index contributed by atoms with van der Waals surface area (Å²) in [5.74, 6) is 0. The Bertz CT molecular complexity index is 878. The summed E-state index contributed by atoms with van der Waals surface area (Å²) in [4.78, 5) is 12.8. The van der Waals surface area contributed by atoms with Crippen LogP contribution in [0.15, 0.2) is 57.9 Å². The monoisotopic (exact) mass is 355 g/mol. The fraction of sp³-hybridized carbons (Fsp3) is 0.211. The first-order valence-electron chi connectivity index (χ1n) is 7.46. The van der Waals surface area contributed by atoms with E-state index in [-0.39, 0.29) is 5.56 Å². The second-order valence-electron chi connectivity index (χ2n) is 5.58. The average molecular weight is 356 g/mol. The predicted molar refractivity (Wildman–Crippen MR) is 95.6 cm³/mol. The summed E-state index contributed by atoms with van der Waals surface area (Å²) in [6, 6.07) is 14.4. The molecule has 1 aromatic heterocycles. The number of hydrogen-bond donors (Lipinski definition) is 0. The fourth-order valence-electron chi connectivity index (χ4n) is 2.75. The Morgan fingerprint density at radius 2 is 1.73 bits per heavy atom. The molecule has 2 nitrogen and oxygen atoms in total. The molecule has 2 aromatic carbocycles. The first-order chi connectivity index (χ1) is 10.6. The lowest BCUT2D eigenvalue weighted by molar-refractivity contribution is 0.764. The minimum Gasteiger partial charge on any atom is -0.309 e. The van der Waals surface area contributed by atoms with Crippen LogP contribution >= 0.6 is 15.9 Å². The van der Waals surface area contributed by atoms with Gasteiger partial charge >= 0.3 is 0 Å². The van der Waals surface area contributed by atoms with Crippen LogP contribution in [0.2, 0.25) is 0 Å². The van der Waals surface area contributed by atoms with Gasteiger partial charge in [0.15, 0.2) is 0 Å². The van der Waals surface area contributed by atoms with Crippen LogP contribution in [0.5, 0.6) is 0 Å². The number of aromatic nitrogens is 1. The van der Waals surface area contributed by atoms with Crippen LogP contribution in [0.4, 0.5) is 0 Å². The molecule has 1 heterocycles. The zero-order chi connectivity index (χ0) is 15.7. The summed E-state index contributed by atoms with van der Waals surface area (Å²) in [6.45, 7) is 4.71. The zero-order valence-corrected chi connectivity index (χ0v) is 14.4. The van der Waals surface area contributed by atoms with Crippen molar-refractivity contribution < 1.29 is 0 Å². The molecule has 0 spiro atoms. The molecule has 0 fully saturated rings. The molecule has 0 bridgehead atoms. The van der Waals surface area contributed by atoms with Crippen molar-refractivity contribution in [2.75, 3.05) is 0 Å². The van der Waals surface area contributed by atoms with Gasteiger partial charge in [-0.05, 0) is 46.0 Å². The van der Waals surface area contributed by atoms with Crippen molar-refractivity contribution in [1.82, 2.24) is 4.57 Å². The molecule has 0 radical (unpaired) electrons. The summed E-state index contributed by atoms with van der Waals surface area (Å²) in [5.41, 5.74) is 3.53. The fourth-order valence-corrected chi connectivity index (χ4v) is 3.33. The van der Waals surface area contributed by atoms with E-state index >= 15 is 0 Å². The molecule has 0 aliphatic heterocycles. The molecular weight excluding hydrogens is 338 g/mol. The number of rotatable bonds is 3. The first-order valence-corrected chi connectivity index (χ1v) is 8.25. The molecule has 0 saturated carbocycles. The molecule has 0 amide bonds. The Kier molecular flexibility index (Phi) is 4.16. The second-order valence-corrected chi connectivity index (χ2v) is 6.43. The van der Waals surface area contributed by atoms with Gasteiger partial charge in [-0.25, -0.2) is 0 Å². The molecule has 112 valence electrons. The van der Waals surface area contributed by atoms with E-state index in [1.54, 1.807) is 4.57 Å². The van der Waals surface area contributed by atoms with Gasteiger partial charge < -0.3 is 4.57 Å². The highest BCUT2D eigenvalue weighted by Crippen LogP contribution is 2.23. The standard InChI is InChI=1S/C19H18BrNO/c1-3-14-7-9-15(10-8-14)11-21-12-17(20)16-6-4-5-13(2)18(16)19(21)22/h4-10,12H,3,11H2,1-2H3. The van der Waals surface area contributed by atoms with Crippen LogP contribution in [-0.2, 0) is 13.0 Å². The Hall–Kier alpha value is -1.87. The van der Waals surface area contributed by atoms with Gasteiger partial charge in [0.25, 0.3) is 5.56 Å². The highest BCUT2D eigenvalue weighted by atomic mass is 79.9. The molecule has 3 heteroatoms. The van der Waals surface area contributed by atoms with Gasteiger partial charge in [-0.3, -0.25) is 4.79 Å². The number of benzene rings is 2. The average Bonchev–Trinajstić information content (AvgIpc) is 2.53. The molecule has 0 aliphatic rings. The summed E-state index contributed by atoms with van der Waals surface area (Å²) >= 11 is 3.59. The molecule has 3 rings (SSSR count). The third-order valence-electron chi connectivity index (χ3n) is 4.06. The predicted octanol–water partition coefficient (Wildman–Crippen LogP) is 4.68. The molecule has 0 atom stereocenters. The minimum absolute atomic E-state index is 0.0656. The Morgan fingerprint density at radius 1 is 1.05 bits per heavy atom. The quantitative estimate of drug-likeness (QED) is 0.668. The van der Waals surface area contributed by atoms with Gasteiger partial charge in [0.05, 0.1) is 11.9 Å². The zero-order valence-electron chi connectivity index (χ0n) is 12.8. The Morgan fingerprint density at radius 3 is 2.41 bits per heavy atom. The van der Waals surface area contributed by atoms with Crippen LogP contribution in [0.3, 0.4) is 0 Å². The van der Waals surface area contributed by atoms with E-state index in [1.165, 1.54) is 5.56 Å². The summed E-state index contributed by atoms with van der Waals surface area (Å²) in [5, 5.41) is 1.77. The van der Waals surface area contributed by atoms with Crippen molar-refractivity contribution in [3.8, 4) is 0 Å². The van der Waals surface area contributed by atoms with E-state index in [0.717, 1.165) is 32.8 Å². The van der Waals surface area contributed by atoms with Crippen LogP contribution in [0.25, 0.3) is 10.8 Å². The molecule has 0 unspecified atom stereocenters. The van der Waals surface area contributed by atoms with Crippen LogP contribution in [0.1, 0.15) is 23.6 Å². The third kappa shape index (κ3) is 2.73. The SMILES string of the molecule is CCc1ccc(Cn2cc(Br)c3cccc(C)c3c2=O)cc1. The third-order valence-corrected chi connectivity index (χ3v) is 4.69. The number of aryl methyl sites for hydroxylation is 2. The molecule has 0 aliphatic carbocycles. The van der Waals surface area contributed by atoms with E-state index in [1.807, 2.05) is 31.3 Å². The maximum Gasteiger partial charge on any atom is 0.259 e. The first kappa shape index (κ1) is 15.0. The van der Waals surface area contributed by atoms with E-state index in [9.17, 15) is 4.79 Å². The van der Waals surface area contributed by atoms with Gasteiger partial charge in [0.2, 0.25) is 0 Å². The molecule has 3 aromatic rings. The number of halogens is 1. The normalized spacial score (nSPS) is 11.0. The van der Waals surface area contributed by atoms with Gasteiger partial charge in [-0.2, -0.15) is 0 Å². The maximum absolute atomic E-state index is 12.8. The number of pyridine rings is 1. The van der Waals surface area contributed by atoms with Gasteiger partial charge in [-0.1, -0.05) is 49.4 Å². The van der Waals surface area contributed by atoms with Crippen molar-refractivity contribution in [3.05, 3.63) is 80.2 Å². The van der Waals surface area contributed by atoms with Crippen molar-refractivity contribution in [2.24, 2.45) is 0 Å². The Labute approximate surface area is 138 Å². The van der Waals surface area contributed by atoms with E-state index in [0.29, 0.717) is 6.54 Å². The highest BCUT2D eigenvalue weighted by molar-refractivity contribution is 9.10. The number of hydrogen-bond acceptors (Lipinski definition) is 1. The second kappa shape index (κ2) is 6.09. The summed E-state index contributed by atoms with van der Waals surface area (Å²) in [7, 11) is 0. The van der Waals surface area contributed by atoms with Crippen LogP contribution in [-0.4, -0.2) is 4.57 Å². The van der Waals surface area contributed by atoms with Crippen molar-refractivity contribution in [3.63, 3.8) is 0 Å². The smallest absolute Gasteiger partial charge is 0.259 e. The van der Waals surface area contributed by atoms with Crippen molar-refractivity contribution >= 4 is 26.7 Å². The van der Waals surface area contributed by atoms with Gasteiger partial charge in [-0.15, -0.1) is 0 Å². The van der Waals surface area contributed by atoms with E-state index in [2.05, 4.69) is 47.1 Å². The Balaban J connectivity index is 2.09. The lowest BCUT2D eigenvalue weighted by Crippen LogP contribution is -2.21. The molecule has 22 heavy (non-hydrogen) atoms. The maximum atomic E-state index is 12.8. The van der Waals surface area contributed by atoms with Gasteiger partial charge in [0.1, 0.15) is 0 Å². The van der Waals surface area contributed by atoms with Crippen LogP contribution < -0.4 is 5.56 Å². The number of fused-ring (bicyclic) bond motifs is 1. The van der Waals surface area contributed by atoms with Gasteiger partial charge in [0, 0.05) is 16.1 Å². The van der Waals surface area contributed by atoms with Crippen LogP contribution in [0, 0.1) is 6.92 Å². The van der Waals surface area contributed by atoms with E-state index in [4.69, 9.17) is 0 Å². The topological polar surface area (TPSA) is 22.0 Å². The lowest BCUT2D eigenvalue weighted by Gasteiger charge is -2.11. The number of nitrogens with zero attached hydrogens (tertiary/aromatic N) is 1. The molecular formula is C19H18BrNO. The molecule has 0 saturated heterocycles. The minimum atomic E-state index is 0.0656. The highest BCUT2D eigenvalue weighted by Gasteiger charge is 2.09. The largest absolute Gasteiger partial charge is 0.309 e. The summed E-state index contributed by atoms with van der Waals surface area (Å²) in [6.07, 6.45) is 2.92. The lowest BCUT2D eigenvalue weighted by atomic mass is 10.1.